The molecule has 16 heavy (non-hydrogen) atoms. The molecule has 0 aromatic heterocycles. The van der Waals surface area contributed by atoms with Crippen molar-refractivity contribution in [3.8, 4) is 0 Å². The number of benzene rings is 1. The molecule has 1 heterocycles. The molecule has 2 rings (SSSR count). The Morgan fingerprint density at radius 3 is 2.38 bits per heavy atom. The van der Waals surface area contributed by atoms with Gasteiger partial charge in [-0.25, -0.2) is 0 Å². The molecule has 0 saturated heterocycles. The van der Waals surface area contributed by atoms with Gasteiger partial charge in [0.05, 0.1) is 0 Å². The Morgan fingerprint density at radius 1 is 1.19 bits per heavy atom. The number of nitrogens with one attached hydrogen (secondary N) is 1. The second-order valence-electron chi connectivity index (χ2n) is 6.60. The molecule has 1 aliphatic heterocycles. The van der Waals surface area contributed by atoms with E-state index in [4.69, 9.17) is 0 Å². The van der Waals surface area contributed by atoms with Gasteiger partial charge in [0, 0.05) is 17.1 Å². The Balaban J connectivity index is 2.53. The third-order valence-corrected chi connectivity index (χ3v) is 4.03. The molecule has 0 spiro atoms. The molecule has 1 aromatic rings. The van der Waals surface area contributed by atoms with Gasteiger partial charge in [0.25, 0.3) is 0 Å². The number of hydrogen-bond donors (Lipinski definition) is 1. The average molecular weight is 217 g/mol. The summed E-state index contributed by atoms with van der Waals surface area (Å²) in [5.41, 5.74) is 4.67. The van der Waals surface area contributed by atoms with Gasteiger partial charge in [0.2, 0.25) is 0 Å². The van der Waals surface area contributed by atoms with Crippen LogP contribution in [0.5, 0.6) is 0 Å². The van der Waals surface area contributed by atoms with Crippen LogP contribution in [-0.2, 0) is 10.8 Å². The molecule has 1 aliphatic rings. The maximum absolute atomic E-state index is 3.57. The van der Waals surface area contributed by atoms with E-state index < -0.39 is 0 Å². The first-order chi connectivity index (χ1) is 7.23. The summed E-state index contributed by atoms with van der Waals surface area (Å²) in [6, 6.07) is 7.38. The second kappa shape index (κ2) is 3.26. The van der Waals surface area contributed by atoms with E-state index in [1.54, 1.807) is 0 Å². The van der Waals surface area contributed by atoms with Crippen molar-refractivity contribution < 1.29 is 0 Å². The van der Waals surface area contributed by atoms with Crippen molar-refractivity contribution in [2.75, 3.05) is 5.32 Å². The van der Waals surface area contributed by atoms with E-state index in [-0.39, 0.29) is 10.8 Å². The first-order valence-corrected chi connectivity index (χ1v) is 6.14. The third-order valence-electron chi connectivity index (χ3n) is 4.03. The van der Waals surface area contributed by atoms with Crippen LogP contribution >= 0.6 is 0 Å². The Kier molecular flexibility index (Phi) is 2.34. The molecule has 1 nitrogen and oxygen atoms in total. The monoisotopic (exact) mass is 217 g/mol. The molecule has 1 unspecified atom stereocenters. The Morgan fingerprint density at radius 2 is 1.81 bits per heavy atom. The highest BCUT2D eigenvalue weighted by molar-refractivity contribution is 5.62. The summed E-state index contributed by atoms with van der Waals surface area (Å²) in [6.07, 6.45) is 0. The molecule has 1 atom stereocenters. The lowest BCUT2D eigenvalue weighted by Crippen LogP contribution is -2.30. The molecule has 0 aliphatic carbocycles. The van der Waals surface area contributed by atoms with Gasteiger partial charge in [0.1, 0.15) is 0 Å². The van der Waals surface area contributed by atoms with Gasteiger partial charge in [-0.2, -0.15) is 0 Å². The van der Waals surface area contributed by atoms with Crippen LogP contribution in [0, 0.1) is 0 Å². The maximum Gasteiger partial charge on any atom is 0.0381 e. The Bertz CT molecular complexity index is 410. The fraction of sp³-hybridized carbons (Fsp3) is 0.600. The topological polar surface area (TPSA) is 12.0 Å². The number of fused-ring (bicyclic) bond motifs is 1. The van der Waals surface area contributed by atoms with Crippen LogP contribution in [0.2, 0.25) is 0 Å². The summed E-state index contributed by atoms with van der Waals surface area (Å²) < 4.78 is 0. The zero-order chi connectivity index (χ0) is 12.1. The van der Waals surface area contributed by atoms with Crippen LogP contribution < -0.4 is 5.32 Å². The fourth-order valence-electron chi connectivity index (χ4n) is 2.32. The van der Waals surface area contributed by atoms with Crippen LogP contribution in [0.25, 0.3) is 0 Å². The van der Waals surface area contributed by atoms with E-state index in [2.05, 4.69) is 65.1 Å². The van der Waals surface area contributed by atoms with Crippen molar-refractivity contribution in [3.63, 3.8) is 0 Å². The molecule has 1 aromatic carbocycles. The third kappa shape index (κ3) is 1.63. The standard InChI is InChI=1S/C15H23N/c1-10-15(5,6)12-9-11(14(2,3)4)7-8-13(12)16-10/h7-10,16H,1-6H3. The van der Waals surface area contributed by atoms with Crippen LogP contribution in [0.15, 0.2) is 18.2 Å². The van der Waals surface area contributed by atoms with E-state index >= 15 is 0 Å². The molecular weight excluding hydrogens is 194 g/mol. The molecule has 1 N–H and O–H groups in total. The molecule has 1 heteroatoms. The minimum Gasteiger partial charge on any atom is -0.381 e. The van der Waals surface area contributed by atoms with E-state index in [1.165, 1.54) is 16.8 Å². The van der Waals surface area contributed by atoms with E-state index in [9.17, 15) is 0 Å². The summed E-state index contributed by atoms with van der Waals surface area (Å²) in [5, 5.41) is 3.57. The predicted octanol–water partition coefficient (Wildman–Crippen LogP) is 4.08. The van der Waals surface area contributed by atoms with E-state index in [1.807, 2.05) is 0 Å². The number of rotatable bonds is 0. The predicted molar refractivity (Wildman–Crippen MR) is 71.3 cm³/mol. The number of anilines is 1. The largest absolute Gasteiger partial charge is 0.381 e. The number of hydrogen-bond acceptors (Lipinski definition) is 1. The van der Waals surface area contributed by atoms with Crippen LogP contribution in [0.3, 0.4) is 0 Å². The lowest BCUT2D eigenvalue weighted by atomic mass is 9.78. The minimum absolute atomic E-state index is 0.233. The minimum atomic E-state index is 0.233. The van der Waals surface area contributed by atoms with Crippen molar-refractivity contribution in [2.45, 2.75) is 58.4 Å². The summed E-state index contributed by atoms with van der Waals surface area (Å²) >= 11 is 0. The highest BCUT2D eigenvalue weighted by Gasteiger charge is 2.36. The quantitative estimate of drug-likeness (QED) is 0.690. The molecule has 0 saturated carbocycles. The summed E-state index contributed by atoms with van der Waals surface area (Å²) in [5.74, 6) is 0. The maximum atomic E-state index is 3.57. The van der Waals surface area contributed by atoms with Crippen molar-refractivity contribution in [1.29, 1.82) is 0 Å². The van der Waals surface area contributed by atoms with Gasteiger partial charge in [-0.05, 0) is 29.5 Å². The zero-order valence-corrected chi connectivity index (χ0v) is 11.3. The Labute approximate surface area is 99.3 Å². The molecule has 88 valence electrons. The normalized spacial score (nSPS) is 22.8. The fourth-order valence-corrected chi connectivity index (χ4v) is 2.32. The highest BCUT2D eigenvalue weighted by atomic mass is 15.0. The van der Waals surface area contributed by atoms with E-state index in [0.717, 1.165) is 0 Å². The summed E-state index contributed by atoms with van der Waals surface area (Å²) in [4.78, 5) is 0. The van der Waals surface area contributed by atoms with Gasteiger partial charge in [-0.15, -0.1) is 0 Å². The van der Waals surface area contributed by atoms with Gasteiger partial charge in [0.15, 0.2) is 0 Å². The van der Waals surface area contributed by atoms with Gasteiger partial charge < -0.3 is 5.32 Å². The SMILES string of the molecule is CC1Nc2ccc(C(C)(C)C)cc2C1(C)C. The van der Waals surface area contributed by atoms with Gasteiger partial charge in [-0.1, -0.05) is 46.8 Å². The van der Waals surface area contributed by atoms with Crippen molar-refractivity contribution in [2.24, 2.45) is 0 Å². The summed E-state index contributed by atoms with van der Waals surface area (Å²) in [6.45, 7) is 13.7. The highest BCUT2D eigenvalue weighted by Crippen LogP contribution is 2.42. The lowest BCUT2D eigenvalue weighted by Gasteiger charge is -2.26. The van der Waals surface area contributed by atoms with Gasteiger partial charge in [-0.3, -0.25) is 0 Å². The van der Waals surface area contributed by atoms with E-state index in [0.29, 0.717) is 6.04 Å². The van der Waals surface area contributed by atoms with Crippen molar-refractivity contribution in [1.82, 2.24) is 0 Å². The van der Waals surface area contributed by atoms with Crippen LogP contribution in [-0.4, -0.2) is 6.04 Å². The van der Waals surface area contributed by atoms with Crippen molar-refractivity contribution in [3.05, 3.63) is 29.3 Å². The Hall–Kier alpha value is -0.980. The molecule has 0 fully saturated rings. The van der Waals surface area contributed by atoms with Gasteiger partial charge >= 0.3 is 0 Å². The average Bonchev–Trinajstić information content (AvgIpc) is 2.37. The first kappa shape index (κ1) is 11.5. The lowest BCUT2D eigenvalue weighted by molar-refractivity contribution is 0.484. The molecule has 0 radical (unpaired) electrons. The molecule has 0 bridgehead atoms. The first-order valence-electron chi connectivity index (χ1n) is 6.14. The smallest absolute Gasteiger partial charge is 0.0381 e. The van der Waals surface area contributed by atoms with Crippen LogP contribution in [0.1, 0.15) is 52.7 Å². The second-order valence-corrected chi connectivity index (χ2v) is 6.60. The summed E-state index contributed by atoms with van der Waals surface area (Å²) in [7, 11) is 0. The molecule has 0 amide bonds. The van der Waals surface area contributed by atoms with Crippen LogP contribution in [0.4, 0.5) is 5.69 Å². The zero-order valence-electron chi connectivity index (χ0n) is 11.3. The molecular formula is C15H23N. The van der Waals surface area contributed by atoms with Crippen molar-refractivity contribution >= 4 is 5.69 Å².